The highest BCUT2D eigenvalue weighted by Crippen LogP contribution is 2.21. The van der Waals surface area contributed by atoms with E-state index in [2.05, 4.69) is 17.2 Å². The number of nitrogens with two attached hydrogens (primary N) is 1. The van der Waals surface area contributed by atoms with Crippen molar-refractivity contribution in [2.24, 2.45) is 11.8 Å². The number of nitrogens with one attached hydrogen (secondary N) is 1. The number of hydrogen-bond donors (Lipinski definition) is 3. The molecule has 0 amide bonds. The van der Waals surface area contributed by atoms with E-state index in [9.17, 15) is 13.2 Å². The van der Waals surface area contributed by atoms with E-state index < -0.39 is 12.1 Å². The van der Waals surface area contributed by atoms with Crippen LogP contribution in [-0.4, -0.2) is 35.3 Å². The molecule has 1 heterocycles. The van der Waals surface area contributed by atoms with Crippen molar-refractivity contribution in [2.45, 2.75) is 19.0 Å². The smallest absolute Gasteiger partial charge is 0.475 e. The van der Waals surface area contributed by atoms with Crippen LogP contribution >= 0.6 is 11.8 Å². The van der Waals surface area contributed by atoms with E-state index in [-0.39, 0.29) is 0 Å². The molecule has 96 valence electrons. The summed E-state index contributed by atoms with van der Waals surface area (Å²) < 4.78 is 31.7. The van der Waals surface area contributed by atoms with Crippen LogP contribution in [0.1, 0.15) is 12.8 Å². The number of carboxylic acid groups (broad SMARTS) is 1. The van der Waals surface area contributed by atoms with E-state index in [1.807, 2.05) is 0 Å². The van der Waals surface area contributed by atoms with Crippen molar-refractivity contribution in [3.05, 3.63) is 0 Å². The first-order chi connectivity index (χ1) is 7.38. The van der Waals surface area contributed by atoms with Gasteiger partial charge >= 0.3 is 12.1 Å². The number of rotatable bonds is 2. The molecule has 8 heteroatoms. The number of carboxylic acids is 1. The third-order valence-corrected chi connectivity index (χ3v) is 3.04. The second kappa shape index (κ2) is 7.75. The van der Waals surface area contributed by atoms with Crippen molar-refractivity contribution < 1.29 is 23.1 Å². The molecule has 0 atom stereocenters. The summed E-state index contributed by atoms with van der Waals surface area (Å²) in [5, 5.41) is 7.12. The third-order valence-electron chi connectivity index (χ3n) is 1.99. The summed E-state index contributed by atoms with van der Waals surface area (Å²) in [5.74, 6) is 5.94. The Morgan fingerprint density at radius 3 is 2.19 bits per heavy atom. The van der Waals surface area contributed by atoms with Gasteiger partial charge in [0.25, 0.3) is 0 Å². The lowest BCUT2D eigenvalue weighted by Gasteiger charge is -2.20. The average molecular weight is 260 g/mol. The Labute approximate surface area is 95.7 Å². The minimum atomic E-state index is -5.08. The Bertz CT molecular complexity index is 205. The van der Waals surface area contributed by atoms with Gasteiger partial charge in [-0.25, -0.2) is 4.79 Å². The number of halogens is 3. The van der Waals surface area contributed by atoms with Gasteiger partial charge < -0.3 is 5.11 Å². The maximum atomic E-state index is 10.6. The molecule has 0 radical (unpaired) electrons. The van der Waals surface area contributed by atoms with Gasteiger partial charge in [-0.15, -0.1) is 0 Å². The maximum Gasteiger partial charge on any atom is 0.490 e. The monoisotopic (exact) mass is 260 g/mol. The first kappa shape index (κ1) is 15.5. The fourth-order valence-corrected chi connectivity index (χ4v) is 2.32. The molecule has 0 unspecified atom stereocenters. The van der Waals surface area contributed by atoms with Gasteiger partial charge in [-0.2, -0.15) is 24.9 Å². The van der Waals surface area contributed by atoms with Crippen LogP contribution < -0.4 is 11.3 Å². The molecule has 0 bridgehead atoms. The summed E-state index contributed by atoms with van der Waals surface area (Å²) in [5.41, 5.74) is 2.73. The van der Waals surface area contributed by atoms with Crippen LogP contribution in [0.2, 0.25) is 0 Å². The third kappa shape index (κ3) is 7.77. The molecular formula is C8H15F3N2O2S. The van der Waals surface area contributed by atoms with Crippen molar-refractivity contribution in [3.8, 4) is 0 Å². The van der Waals surface area contributed by atoms with Gasteiger partial charge in [0, 0.05) is 6.54 Å². The highest BCUT2D eigenvalue weighted by molar-refractivity contribution is 7.99. The predicted octanol–water partition coefficient (Wildman–Crippen LogP) is 1.23. The van der Waals surface area contributed by atoms with Crippen LogP contribution in [0.5, 0.6) is 0 Å². The molecule has 16 heavy (non-hydrogen) atoms. The topological polar surface area (TPSA) is 75.3 Å². The zero-order chi connectivity index (χ0) is 12.6. The first-order valence-electron chi connectivity index (χ1n) is 4.69. The Kier molecular flexibility index (Phi) is 7.52. The lowest BCUT2D eigenvalue weighted by Crippen LogP contribution is -2.30. The van der Waals surface area contributed by atoms with Gasteiger partial charge in [-0.05, 0) is 30.3 Å². The van der Waals surface area contributed by atoms with E-state index in [0.717, 1.165) is 12.5 Å². The fraction of sp³-hybridized carbons (Fsp3) is 0.875. The number of hydrazine groups is 1. The van der Waals surface area contributed by atoms with Gasteiger partial charge in [0.2, 0.25) is 0 Å². The number of aliphatic carboxylic acids is 1. The largest absolute Gasteiger partial charge is 0.490 e. The minimum Gasteiger partial charge on any atom is -0.475 e. The maximum absolute atomic E-state index is 10.6. The van der Waals surface area contributed by atoms with E-state index in [0.29, 0.717) is 0 Å². The summed E-state index contributed by atoms with van der Waals surface area (Å²) in [4.78, 5) is 8.90. The number of alkyl halides is 3. The van der Waals surface area contributed by atoms with E-state index in [1.165, 1.54) is 24.3 Å². The Balaban J connectivity index is 0.000000293. The van der Waals surface area contributed by atoms with Crippen LogP contribution in [0.4, 0.5) is 13.2 Å². The highest BCUT2D eigenvalue weighted by Gasteiger charge is 2.38. The van der Waals surface area contributed by atoms with Gasteiger partial charge in [0.1, 0.15) is 0 Å². The van der Waals surface area contributed by atoms with Crippen LogP contribution in [0.25, 0.3) is 0 Å². The van der Waals surface area contributed by atoms with E-state index in [4.69, 9.17) is 15.7 Å². The van der Waals surface area contributed by atoms with Gasteiger partial charge in [-0.1, -0.05) is 0 Å². The average Bonchev–Trinajstić information content (AvgIpc) is 2.19. The Morgan fingerprint density at radius 2 is 1.88 bits per heavy atom. The van der Waals surface area contributed by atoms with Crippen molar-refractivity contribution >= 4 is 17.7 Å². The van der Waals surface area contributed by atoms with Crippen LogP contribution in [0.3, 0.4) is 0 Å². The van der Waals surface area contributed by atoms with E-state index in [1.54, 1.807) is 0 Å². The fourth-order valence-electron chi connectivity index (χ4n) is 1.12. The minimum absolute atomic E-state index is 0.844. The molecule has 1 aliphatic heterocycles. The molecular weight excluding hydrogens is 245 g/mol. The molecule has 1 fully saturated rings. The van der Waals surface area contributed by atoms with Crippen molar-refractivity contribution in [1.29, 1.82) is 0 Å². The molecule has 1 aliphatic rings. The molecule has 1 rings (SSSR count). The molecule has 0 saturated carbocycles. The Hall–Kier alpha value is -0.470. The lowest BCUT2D eigenvalue weighted by atomic mass is 10.0. The zero-order valence-corrected chi connectivity index (χ0v) is 9.40. The number of hydrogen-bond acceptors (Lipinski definition) is 4. The van der Waals surface area contributed by atoms with Crippen LogP contribution in [0, 0.1) is 5.92 Å². The summed E-state index contributed by atoms with van der Waals surface area (Å²) in [6, 6.07) is 0. The van der Waals surface area contributed by atoms with E-state index >= 15 is 0 Å². The Morgan fingerprint density at radius 1 is 1.44 bits per heavy atom. The highest BCUT2D eigenvalue weighted by atomic mass is 32.2. The van der Waals surface area contributed by atoms with Crippen molar-refractivity contribution in [3.63, 3.8) is 0 Å². The summed E-state index contributed by atoms with van der Waals surface area (Å²) in [7, 11) is 0. The van der Waals surface area contributed by atoms with Gasteiger partial charge in [0.05, 0.1) is 0 Å². The molecule has 0 aromatic carbocycles. The number of carbonyl (C=O) groups is 1. The number of thioether (sulfide) groups is 1. The second-order valence-electron chi connectivity index (χ2n) is 3.27. The van der Waals surface area contributed by atoms with Crippen molar-refractivity contribution in [2.75, 3.05) is 18.1 Å². The molecule has 1 saturated heterocycles. The standard InChI is InChI=1S/C6H14N2S.C2HF3O2/c7-8-5-6-1-3-9-4-2-6;3-2(4,5)1(6)7/h6,8H,1-5,7H2;(H,6,7). The predicted molar refractivity (Wildman–Crippen MR) is 55.9 cm³/mol. The molecule has 0 aliphatic carbocycles. The van der Waals surface area contributed by atoms with Gasteiger partial charge in [0.15, 0.2) is 0 Å². The normalized spacial score (nSPS) is 17.5. The molecule has 0 aromatic rings. The van der Waals surface area contributed by atoms with Crippen LogP contribution in [0.15, 0.2) is 0 Å². The molecule has 0 spiro atoms. The quantitative estimate of drug-likeness (QED) is 0.514. The van der Waals surface area contributed by atoms with Crippen LogP contribution in [-0.2, 0) is 4.79 Å². The molecule has 4 nitrogen and oxygen atoms in total. The summed E-state index contributed by atoms with van der Waals surface area (Å²) in [6.45, 7) is 1.00. The zero-order valence-electron chi connectivity index (χ0n) is 8.59. The first-order valence-corrected chi connectivity index (χ1v) is 5.84. The second-order valence-corrected chi connectivity index (χ2v) is 4.49. The molecule has 0 aromatic heterocycles. The lowest BCUT2D eigenvalue weighted by molar-refractivity contribution is -0.192. The molecule has 4 N–H and O–H groups in total. The summed E-state index contributed by atoms with van der Waals surface area (Å²) in [6.07, 6.45) is -2.40. The van der Waals surface area contributed by atoms with Crippen molar-refractivity contribution in [1.82, 2.24) is 5.43 Å². The summed E-state index contributed by atoms with van der Waals surface area (Å²) >= 11 is 2.06. The SMILES string of the molecule is NNCC1CCSCC1.O=C(O)C(F)(F)F. The van der Waals surface area contributed by atoms with Gasteiger partial charge in [-0.3, -0.25) is 11.3 Å².